The first kappa shape index (κ1) is 17.1. The van der Waals surface area contributed by atoms with Crippen LogP contribution in [0.4, 0.5) is 8.78 Å². The van der Waals surface area contributed by atoms with Gasteiger partial charge in [0.15, 0.2) is 5.76 Å². The van der Waals surface area contributed by atoms with E-state index in [9.17, 15) is 13.6 Å². The van der Waals surface area contributed by atoms with Crippen LogP contribution in [-0.2, 0) is 16.1 Å². The van der Waals surface area contributed by atoms with Gasteiger partial charge in [0.2, 0.25) is 0 Å². The second kappa shape index (κ2) is 7.89. The highest BCUT2D eigenvalue weighted by molar-refractivity contribution is 8.00. The van der Waals surface area contributed by atoms with Crippen molar-refractivity contribution >= 4 is 17.7 Å². The maximum Gasteiger partial charge on any atom is 0.316 e. The molecule has 3 aromatic rings. The number of esters is 1. The van der Waals surface area contributed by atoms with Gasteiger partial charge in [0.05, 0.1) is 11.3 Å². The second-order valence-electron chi connectivity index (χ2n) is 4.94. The average molecular weight is 362 g/mol. The summed E-state index contributed by atoms with van der Waals surface area (Å²) in [5.74, 6) is -1.58. The molecular weight excluding hydrogens is 350 g/mol. The minimum atomic E-state index is -0.756. The van der Waals surface area contributed by atoms with E-state index >= 15 is 0 Å². The topological polar surface area (TPSA) is 65.2 Å². The summed E-state index contributed by atoms with van der Waals surface area (Å²) in [6.45, 7) is -0.0952. The minimum absolute atomic E-state index is 0.0831. The van der Waals surface area contributed by atoms with Gasteiger partial charge in [-0.05, 0) is 24.3 Å². The maximum atomic E-state index is 13.7. The van der Waals surface area contributed by atoms with Crippen LogP contribution >= 0.6 is 11.8 Å². The van der Waals surface area contributed by atoms with Gasteiger partial charge in [-0.3, -0.25) is 9.78 Å². The third-order valence-electron chi connectivity index (χ3n) is 3.14. The number of ether oxygens (including phenoxy) is 1. The van der Waals surface area contributed by atoms with Crippen molar-refractivity contribution in [3.05, 3.63) is 66.1 Å². The Kier molecular flexibility index (Phi) is 5.39. The summed E-state index contributed by atoms with van der Waals surface area (Å²) < 4.78 is 36.7. The van der Waals surface area contributed by atoms with Crippen molar-refractivity contribution < 1.29 is 22.8 Å². The molecule has 0 saturated heterocycles. The Labute approximate surface area is 146 Å². The van der Waals surface area contributed by atoms with Crippen LogP contribution in [-0.4, -0.2) is 21.9 Å². The quantitative estimate of drug-likeness (QED) is 0.490. The van der Waals surface area contributed by atoms with Crippen LogP contribution in [0.3, 0.4) is 0 Å². The molecule has 0 fully saturated rings. The van der Waals surface area contributed by atoms with E-state index < -0.39 is 17.6 Å². The molecule has 128 valence electrons. The Hall–Kier alpha value is -2.74. The highest BCUT2D eigenvalue weighted by Crippen LogP contribution is 2.24. The van der Waals surface area contributed by atoms with E-state index in [-0.39, 0.29) is 23.7 Å². The average Bonchev–Trinajstić information content (AvgIpc) is 3.08. The molecule has 2 aromatic heterocycles. The standard InChI is InChI=1S/C17H12F2N2O3S/c18-11-1-2-14(15(19)7-11)16-8-12(21-24-16)9-23-17(22)10-25-13-3-5-20-6-4-13/h1-8H,9-10H2. The molecule has 0 atom stereocenters. The summed E-state index contributed by atoms with van der Waals surface area (Å²) in [4.78, 5) is 16.5. The van der Waals surface area contributed by atoms with Gasteiger partial charge in [-0.2, -0.15) is 0 Å². The number of nitrogens with zero attached hydrogens (tertiary/aromatic N) is 2. The summed E-state index contributed by atoms with van der Waals surface area (Å²) >= 11 is 1.33. The molecule has 0 spiro atoms. The van der Waals surface area contributed by atoms with Crippen molar-refractivity contribution in [2.45, 2.75) is 11.5 Å². The fourth-order valence-corrected chi connectivity index (χ4v) is 2.65. The second-order valence-corrected chi connectivity index (χ2v) is 5.99. The lowest BCUT2D eigenvalue weighted by Crippen LogP contribution is -2.07. The normalized spacial score (nSPS) is 10.6. The fraction of sp³-hybridized carbons (Fsp3) is 0.118. The number of halogens is 2. The number of aromatic nitrogens is 2. The number of carbonyl (C=O) groups is 1. The zero-order valence-corrected chi connectivity index (χ0v) is 13.6. The van der Waals surface area contributed by atoms with E-state index in [0.29, 0.717) is 5.69 Å². The van der Waals surface area contributed by atoms with Crippen molar-refractivity contribution in [1.82, 2.24) is 10.1 Å². The number of thioether (sulfide) groups is 1. The fourth-order valence-electron chi connectivity index (χ4n) is 1.97. The van der Waals surface area contributed by atoms with Crippen LogP contribution in [0.2, 0.25) is 0 Å². The summed E-state index contributed by atoms with van der Waals surface area (Å²) in [7, 11) is 0. The van der Waals surface area contributed by atoms with Crippen molar-refractivity contribution in [3.63, 3.8) is 0 Å². The highest BCUT2D eigenvalue weighted by Gasteiger charge is 2.13. The van der Waals surface area contributed by atoms with Gasteiger partial charge in [-0.15, -0.1) is 11.8 Å². The molecule has 1 aromatic carbocycles. The van der Waals surface area contributed by atoms with Crippen LogP contribution in [0.5, 0.6) is 0 Å². The summed E-state index contributed by atoms with van der Waals surface area (Å²) in [6, 6.07) is 8.16. The van der Waals surface area contributed by atoms with Gasteiger partial charge < -0.3 is 9.26 Å². The van der Waals surface area contributed by atoms with Gasteiger partial charge in [0, 0.05) is 29.4 Å². The molecule has 0 aliphatic carbocycles. The highest BCUT2D eigenvalue weighted by atomic mass is 32.2. The number of benzene rings is 1. The molecule has 8 heteroatoms. The van der Waals surface area contributed by atoms with E-state index in [1.165, 1.54) is 23.9 Å². The Morgan fingerprint density at radius 1 is 1.16 bits per heavy atom. The van der Waals surface area contributed by atoms with Gasteiger partial charge in [-0.25, -0.2) is 8.78 Å². The number of pyridine rings is 1. The van der Waals surface area contributed by atoms with Crippen LogP contribution < -0.4 is 0 Å². The van der Waals surface area contributed by atoms with Crippen molar-refractivity contribution in [3.8, 4) is 11.3 Å². The summed E-state index contributed by atoms with van der Waals surface area (Å²) in [5.41, 5.74) is 0.417. The van der Waals surface area contributed by atoms with Crippen LogP contribution in [0.25, 0.3) is 11.3 Å². The number of carbonyl (C=O) groups excluding carboxylic acids is 1. The first-order valence-electron chi connectivity index (χ1n) is 7.21. The molecule has 0 aliphatic rings. The number of rotatable bonds is 6. The minimum Gasteiger partial charge on any atom is -0.458 e. The predicted molar refractivity (Wildman–Crippen MR) is 86.6 cm³/mol. The van der Waals surface area contributed by atoms with Crippen molar-refractivity contribution in [2.75, 3.05) is 5.75 Å². The number of hydrogen-bond acceptors (Lipinski definition) is 6. The maximum absolute atomic E-state index is 13.7. The van der Waals surface area contributed by atoms with E-state index in [4.69, 9.17) is 9.26 Å². The van der Waals surface area contributed by atoms with E-state index in [1.54, 1.807) is 24.5 Å². The molecule has 0 radical (unpaired) electrons. The summed E-state index contributed by atoms with van der Waals surface area (Å²) in [5, 5.41) is 3.72. The molecule has 0 unspecified atom stereocenters. The number of hydrogen-bond donors (Lipinski definition) is 0. The van der Waals surface area contributed by atoms with Crippen LogP contribution in [0.15, 0.2) is 58.2 Å². The first-order valence-corrected chi connectivity index (χ1v) is 8.20. The summed E-state index contributed by atoms with van der Waals surface area (Å²) in [6.07, 6.45) is 3.28. The molecule has 0 bridgehead atoms. The lowest BCUT2D eigenvalue weighted by Gasteiger charge is -2.02. The van der Waals surface area contributed by atoms with Gasteiger partial charge in [0.25, 0.3) is 0 Å². The Balaban J connectivity index is 1.54. The third-order valence-corrected chi connectivity index (χ3v) is 4.13. The lowest BCUT2D eigenvalue weighted by atomic mass is 10.1. The van der Waals surface area contributed by atoms with Crippen LogP contribution in [0.1, 0.15) is 5.69 Å². The van der Waals surface area contributed by atoms with Crippen molar-refractivity contribution in [2.24, 2.45) is 0 Å². The third kappa shape index (κ3) is 4.63. The monoisotopic (exact) mass is 362 g/mol. The van der Waals surface area contributed by atoms with E-state index in [1.807, 2.05) is 0 Å². The van der Waals surface area contributed by atoms with E-state index in [0.717, 1.165) is 17.0 Å². The molecule has 3 rings (SSSR count). The molecule has 2 heterocycles. The Morgan fingerprint density at radius 2 is 1.96 bits per heavy atom. The lowest BCUT2D eigenvalue weighted by molar-refractivity contribution is -0.141. The molecule has 5 nitrogen and oxygen atoms in total. The van der Waals surface area contributed by atoms with Gasteiger partial charge >= 0.3 is 5.97 Å². The smallest absolute Gasteiger partial charge is 0.316 e. The zero-order valence-electron chi connectivity index (χ0n) is 12.8. The zero-order chi connectivity index (χ0) is 17.6. The predicted octanol–water partition coefficient (Wildman–Crippen LogP) is 3.85. The first-order chi connectivity index (χ1) is 12.1. The molecule has 0 saturated carbocycles. The Bertz CT molecular complexity index is 871. The van der Waals surface area contributed by atoms with Gasteiger partial charge in [-0.1, -0.05) is 5.16 Å². The Morgan fingerprint density at radius 3 is 2.72 bits per heavy atom. The van der Waals surface area contributed by atoms with E-state index in [2.05, 4.69) is 10.1 Å². The van der Waals surface area contributed by atoms with Crippen LogP contribution in [0, 0.1) is 11.6 Å². The molecular formula is C17H12F2N2O3S. The van der Waals surface area contributed by atoms with Crippen molar-refractivity contribution in [1.29, 1.82) is 0 Å². The molecule has 25 heavy (non-hydrogen) atoms. The molecule has 0 N–H and O–H groups in total. The molecule has 0 amide bonds. The molecule has 0 aliphatic heterocycles. The van der Waals surface area contributed by atoms with Gasteiger partial charge in [0.1, 0.15) is 23.9 Å². The largest absolute Gasteiger partial charge is 0.458 e. The SMILES string of the molecule is O=C(CSc1ccncc1)OCc1cc(-c2ccc(F)cc2F)on1.